The first-order chi connectivity index (χ1) is 16.3. The molecule has 2 aromatic heterocycles. The molecule has 0 amide bonds. The second-order valence-corrected chi connectivity index (χ2v) is 8.62. The third kappa shape index (κ3) is 5.00. The number of halogens is 1. The molecule has 158 valence electrons. The zero-order chi connectivity index (χ0) is 22.5. The van der Waals surface area contributed by atoms with Gasteiger partial charge in [0.1, 0.15) is 0 Å². The summed E-state index contributed by atoms with van der Waals surface area (Å²) in [6, 6.07) is 37.5. The van der Waals surface area contributed by atoms with Crippen LogP contribution in [0.15, 0.2) is 126 Å². The topological polar surface area (TPSA) is 25.8 Å². The molecule has 0 aliphatic heterocycles. The van der Waals surface area contributed by atoms with E-state index in [1.165, 1.54) is 0 Å². The van der Waals surface area contributed by atoms with E-state index in [0.29, 0.717) is 0 Å². The van der Waals surface area contributed by atoms with E-state index in [1.54, 1.807) is 0 Å². The Morgan fingerprint density at radius 1 is 0.576 bits per heavy atom. The molecule has 0 N–H and O–H groups in total. The summed E-state index contributed by atoms with van der Waals surface area (Å²) < 4.78 is 1.05. The highest BCUT2D eigenvalue weighted by Gasteiger charge is 2.09. The maximum atomic E-state index is 4.53. The lowest BCUT2D eigenvalue weighted by Gasteiger charge is -2.12. The van der Waals surface area contributed by atoms with E-state index in [2.05, 4.69) is 98.7 Å². The van der Waals surface area contributed by atoms with Gasteiger partial charge in [0, 0.05) is 28.0 Å². The molecule has 0 radical (unpaired) electrons. The molecule has 0 unspecified atom stereocenters. The Hall–Kier alpha value is -3.82. The summed E-state index contributed by atoms with van der Waals surface area (Å²) in [5, 5.41) is 0. The van der Waals surface area contributed by atoms with Gasteiger partial charge in [-0.25, -0.2) is 0 Å². The number of pyridine rings is 2. The van der Waals surface area contributed by atoms with E-state index in [0.717, 1.165) is 49.3 Å². The Bertz CT molecular complexity index is 1410. The van der Waals surface area contributed by atoms with Crippen molar-refractivity contribution >= 4 is 27.6 Å². The Kier molecular flexibility index (Phi) is 6.23. The van der Waals surface area contributed by atoms with Crippen LogP contribution in [0.3, 0.4) is 0 Å². The minimum Gasteiger partial charge on any atom is -0.256 e. The number of aromatic nitrogens is 2. The van der Waals surface area contributed by atoms with Crippen LogP contribution < -0.4 is 0 Å². The largest absolute Gasteiger partial charge is 0.256 e. The van der Waals surface area contributed by atoms with Gasteiger partial charge in [-0.3, -0.25) is 9.97 Å². The van der Waals surface area contributed by atoms with Crippen LogP contribution in [0.5, 0.6) is 0 Å². The number of benzene rings is 3. The van der Waals surface area contributed by atoms with Crippen LogP contribution in [0.2, 0.25) is 0 Å². The van der Waals surface area contributed by atoms with Gasteiger partial charge in [-0.2, -0.15) is 0 Å². The van der Waals surface area contributed by atoms with Crippen LogP contribution in [-0.4, -0.2) is 9.97 Å². The summed E-state index contributed by atoms with van der Waals surface area (Å²) >= 11 is 3.64. The van der Waals surface area contributed by atoms with Gasteiger partial charge in [-0.1, -0.05) is 76.6 Å². The molecule has 33 heavy (non-hydrogen) atoms. The predicted molar refractivity (Wildman–Crippen MR) is 140 cm³/mol. The molecule has 0 spiro atoms. The first-order valence-corrected chi connectivity index (χ1v) is 11.6. The Morgan fingerprint density at radius 3 is 1.82 bits per heavy atom. The van der Waals surface area contributed by atoms with Crippen molar-refractivity contribution in [2.24, 2.45) is 0 Å². The minimum absolute atomic E-state index is 0.963. The van der Waals surface area contributed by atoms with Gasteiger partial charge in [-0.15, -0.1) is 0 Å². The second kappa shape index (κ2) is 9.76. The van der Waals surface area contributed by atoms with Crippen LogP contribution in [0.1, 0.15) is 16.7 Å². The first-order valence-electron chi connectivity index (χ1n) is 10.8. The van der Waals surface area contributed by atoms with Gasteiger partial charge in [0.15, 0.2) is 0 Å². The van der Waals surface area contributed by atoms with Gasteiger partial charge in [-0.05, 0) is 76.9 Å². The number of nitrogens with zero attached hydrogens (tertiary/aromatic N) is 2. The lowest BCUT2D eigenvalue weighted by molar-refractivity contribution is 1.32. The summed E-state index contributed by atoms with van der Waals surface area (Å²) in [6.45, 7) is 0. The predicted octanol–water partition coefficient (Wildman–Crippen LogP) is 8.16. The van der Waals surface area contributed by atoms with Crippen LogP contribution in [0.4, 0.5) is 0 Å². The summed E-state index contributed by atoms with van der Waals surface area (Å²) in [6.07, 6.45) is 5.90. The lowest BCUT2D eigenvalue weighted by Crippen LogP contribution is -1.91. The van der Waals surface area contributed by atoms with E-state index >= 15 is 0 Å². The molecule has 2 nitrogen and oxygen atoms in total. The maximum Gasteiger partial charge on any atom is 0.0702 e. The Labute approximate surface area is 202 Å². The third-order valence-electron chi connectivity index (χ3n) is 5.43. The van der Waals surface area contributed by atoms with Gasteiger partial charge < -0.3 is 0 Å². The van der Waals surface area contributed by atoms with E-state index in [-0.39, 0.29) is 0 Å². The monoisotopic (exact) mass is 488 g/mol. The standard InChI is InChI=1S/C30H21BrN2/c31-27-13-7-10-24(21-27)28(23-9-6-12-26(20-23)30-15-2-4-17-33-30)19-22-8-5-11-25(18-22)29-14-1-3-16-32-29/h1-21H/b28-19-. The highest BCUT2D eigenvalue weighted by Crippen LogP contribution is 2.31. The SMILES string of the molecule is Brc1cccc(/C(=C\c2cccc(-c3ccccn3)c2)c2cccc(-c3ccccn3)c2)c1. The fourth-order valence-electron chi connectivity index (χ4n) is 3.86. The van der Waals surface area contributed by atoms with E-state index in [1.807, 2.05) is 54.9 Å². The number of rotatable bonds is 5. The van der Waals surface area contributed by atoms with Gasteiger partial charge in [0.25, 0.3) is 0 Å². The van der Waals surface area contributed by atoms with Crippen molar-refractivity contribution in [3.63, 3.8) is 0 Å². The molecule has 0 saturated heterocycles. The Balaban J connectivity index is 1.63. The molecule has 0 aliphatic carbocycles. The third-order valence-corrected chi connectivity index (χ3v) is 5.92. The average Bonchev–Trinajstić information content (AvgIpc) is 2.88. The second-order valence-electron chi connectivity index (χ2n) is 7.70. The van der Waals surface area contributed by atoms with Crippen LogP contribution in [0, 0.1) is 0 Å². The van der Waals surface area contributed by atoms with E-state index < -0.39 is 0 Å². The maximum absolute atomic E-state index is 4.53. The molecule has 3 heteroatoms. The summed E-state index contributed by atoms with van der Waals surface area (Å²) in [5.74, 6) is 0. The van der Waals surface area contributed by atoms with Crippen LogP contribution >= 0.6 is 15.9 Å². The van der Waals surface area contributed by atoms with E-state index in [4.69, 9.17) is 0 Å². The van der Waals surface area contributed by atoms with E-state index in [9.17, 15) is 0 Å². The number of hydrogen-bond donors (Lipinski definition) is 0. The molecule has 0 saturated carbocycles. The fraction of sp³-hybridized carbons (Fsp3) is 0. The molecule has 0 bridgehead atoms. The average molecular weight is 489 g/mol. The smallest absolute Gasteiger partial charge is 0.0702 e. The zero-order valence-electron chi connectivity index (χ0n) is 17.9. The van der Waals surface area contributed by atoms with Crippen molar-refractivity contribution in [2.75, 3.05) is 0 Å². The molecule has 3 aromatic carbocycles. The van der Waals surface area contributed by atoms with Gasteiger partial charge >= 0.3 is 0 Å². The molecular formula is C30H21BrN2. The normalized spacial score (nSPS) is 11.4. The van der Waals surface area contributed by atoms with Crippen molar-refractivity contribution in [1.82, 2.24) is 9.97 Å². The summed E-state index contributed by atoms with van der Waals surface area (Å²) in [7, 11) is 0. The van der Waals surface area contributed by atoms with Crippen LogP contribution in [-0.2, 0) is 0 Å². The van der Waals surface area contributed by atoms with Crippen molar-refractivity contribution in [2.45, 2.75) is 0 Å². The van der Waals surface area contributed by atoms with Crippen molar-refractivity contribution < 1.29 is 0 Å². The summed E-state index contributed by atoms with van der Waals surface area (Å²) in [5.41, 5.74) is 8.67. The highest BCUT2D eigenvalue weighted by molar-refractivity contribution is 9.10. The van der Waals surface area contributed by atoms with Crippen LogP contribution in [0.25, 0.3) is 34.2 Å². The number of hydrogen-bond acceptors (Lipinski definition) is 2. The van der Waals surface area contributed by atoms with Gasteiger partial charge in [0.05, 0.1) is 11.4 Å². The highest BCUT2D eigenvalue weighted by atomic mass is 79.9. The molecule has 0 aliphatic rings. The van der Waals surface area contributed by atoms with Crippen molar-refractivity contribution in [1.29, 1.82) is 0 Å². The first kappa shape index (κ1) is 21.0. The molecular weight excluding hydrogens is 468 g/mol. The fourth-order valence-corrected chi connectivity index (χ4v) is 4.26. The molecule has 5 aromatic rings. The minimum atomic E-state index is 0.963. The molecule has 2 heterocycles. The Morgan fingerprint density at radius 2 is 1.18 bits per heavy atom. The summed E-state index contributed by atoms with van der Waals surface area (Å²) in [4.78, 5) is 9.04. The molecule has 0 fully saturated rings. The zero-order valence-corrected chi connectivity index (χ0v) is 19.5. The van der Waals surface area contributed by atoms with Crippen molar-refractivity contribution in [3.8, 4) is 22.5 Å². The lowest BCUT2D eigenvalue weighted by atomic mass is 9.93. The molecule has 0 atom stereocenters. The molecule has 5 rings (SSSR count). The quantitative estimate of drug-likeness (QED) is 0.233. The van der Waals surface area contributed by atoms with Gasteiger partial charge in [0.2, 0.25) is 0 Å². The van der Waals surface area contributed by atoms with Crippen molar-refractivity contribution in [3.05, 3.63) is 143 Å².